The SMILES string of the molecule is CN(C)CCN(Cc1ccccc1)C(=O)CN1C(=O)CSc2ccccc21. The van der Waals surface area contributed by atoms with Crippen LogP contribution in [0.1, 0.15) is 5.56 Å². The van der Waals surface area contributed by atoms with E-state index < -0.39 is 0 Å². The summed E-state index contributed by atoms with van der Waals surface area (Å²) in [6.45, 7) is 2.03. The Morgan fingerprint density at radius 2 is 1.74 bits per heavy atom. The second kappa shape index (κ2) is 9.06. The molecule has 1 heterocycles. The molecule has 0 saturated heterocycles. The molecule has 0 radical (unpaired) electrons. The van der Waals surface area contributed by atoms with E-state index in [4.69, 9.17) is 0 Å². The molecule has 1 aliphatic rings. The van der Waals surface area contributed by atoms with Gasteiger partial charge in [0, 0.05) is 24.5 Å². The highest BCUT2D eigenvalue weighted by molar-refractivity contribution is 8.00. The van der Waals surface area contributed by atoms with Crippen molar-refractivity contribution in [2.24, 2.45) is 0 Å². The zero-order valence-electron chi connectivity index (χ0n) is 15.8. The van der Waals surface area contributed by atoms with Gasteiger partial charge in [-0.25, -0.2) is 0 Å². The summed E-state index contributed by atoms with van der Waals surface area (Å²) < 4.78 is 0. The van der Waals surface area contributed by atoms with Gasteiger partial charge in [-0.15, -0.1) is 11.8 Å². The van der Waals surface area contributed by atoms with Crippen LogP contribution >= 0.6 is 11.8 Å². The average molecular weight is 384 g/mol. The number of anilines is 1. The Kier molecular flexibility index (Phi) is 6.53. The number of rotatable bonds is 7. The summed E-state index contributed by atoms with van der Waals surface area (Å²) >= 11 is 1.53. The van der Waals surface area contributed by atoms with Crippen molar-refractivity contribution in [2.45, 2.75) is 11.4 Å². The Balaban J connectivity index is 1.76. The van der Waals surface area contributed by atoms with Crippen LogP contribution < -0.4 is 4.90 Å². The van der Waals surface area contributed by atoms with Crippen LogP contribution in [0.5, 0.6) is 0 Å². The molecule has 0 unspecified atom stereocenters. The van der Waals surface area contributed by atoms with Gasteiger partial charge >= 0.3 is 0 Å². The van der Waals surface area contributed by atoms with Crippen LogP contribution in [0, 0.1) is 0 Å². The van der Waals surface area contributed by atoms with Gasteiger partial charge in [-0.2, -0.15) is 0 Å². The van der Waals surface area contributed by atoms with Crippen LogP contribution in [0.25, 0.3) is 0 Å². The summed E-state index contributed by atoms with van der Waals surface area (Å²) in [4.78, 5) is 32.1. The van der Waals surface area contributed by atoms with E-state index in [0.717, 1.165) is 22.7 Å². The second-order valence-electron chi connectivity index (χ2n) is 6.84. The minimum Gasteiger partial charge on any atom is -0.336 e. The monoisotopic (exact) mass is 383 g/mol. The maximum absolute atomic E-state index is 13.1. The number of hydrogen-bond donors (Lipinski definition) is 0. The molecule has 0 spiro atoms. The lowest BCUT2D eigenvalue weighted by Gasteiger charge is -2.31. The van der Waals surface area contributed by atoms with Gasteiger partial charge in [0.2, 0.25) is 11.8 Å². The summed E-state index contributed by atoms with van der Waals surface area (Å²) in [5, 5.41) is 0. The van der Waals surface area contributed by atoms with E-state index in [9.17, 15) is 9.59 Å². The van der Waals surface area contributed by atoms with E-state index in [0.29, 0.717) is 18.8 Å². The van der Waals surface area contributed by atoms with E-state index in [1.807, 2.05) is 73.6 Å². The number of carbonyl (C=O) groups is 2. The number of hydrogen-bond acceptors (Lipinski definition) is 4. The zero-order chi connectivity index (χ0) is 19.2. The number of benzene rings is 2. The first-order valence-electron chi connectivity index (χ1n) is 9.03. The molecular formula is C21H25N3O2S. The molecule has 6 heteroatoms. The number of thioether (sulfide) groups is 1. The Hall–Kier alpha value is -2.31. The summed E-state index contributed by atoms with van der Waals surface area (Å²) in [6.07, 6.45) is 0. The molecule has 2 aromatic rings. The lowest BCUT2D eigenvalue weighted by atomic mass is 10.2. The fourth-order valence-corrected chi connectivity index (χ4v) is 3.91. The van der Waals surface area contributed by atoms with Crippen molar-refractivity contribution < 1.29 is 9.59 Å². The normalized spacial score (nSPS) is 13.6. The highest BCUT2D eigenvalue weighted by Crippen LogP contribution is 2.34. The van der Waals surface area contributed by atoms with Gasteiger partial charge in [-0.3, -0.25) is 9.59 Å². The summed E-state index contributed by atoms with van der Waals surface area (Å²) in [7, 11) is 3.99. The average Bonchev–Trinajstić information content (AvgIpc) is 2.68. The zero-order valence-corrected chi connectivity index (χ0v) is 16.6. The summed E-state index contributed by atoms with van der Waals surface area (Å²) in [5.74, 6) is 0.329. The van der Waals surface area contributed by atoms with Crippen LogP contribution in [0.4, 0.5) is 5.69 Å². The minimum atomic E-state index is -0.0317. The van der Waals surface area contributed by atoms with Crippen LogP contribution in [-0.4, -0.2) is 61.1 Å². The van der Waals surface area contributed by atoms with Crippen molar-refractivity contribution in [3.8, 4) is 0 Å². The first kappa shape index (κ1) is 19.5. The van der Waals surface area contributed by atoms with Gasteiger partial charge < -0.3 is 14.7 Å². The van der Waals surface area contributed by atoms with Crippen molar-refractivity contribution in [1.29, 1.82) is 0 Å². The molecule has 0 N–H and O–H groups in total. The predicted octanol–water partition coefficient (Wildman–Crippen LogP) is 2.72. The van der Waals surface area contributed by atoms with Crippen molar-refractivity contribution in [1.82, 2.24) is 9.80 Å². The molecule has 2 amide bonds. The quantitative estimate of drug-likeness (QED) is 0.737. The Morgan fingerprint density at radius 3 is 2.48 bits per heavy atom. The molecular weight excluding hydrogens is 358 g/mol. The van der Waals surface area contributed by atoms with Gasteiger partial charge in [0.15, 0.2) is 0 Å². The minimum absolute atomic E-state index is 0.0145. The largest absolute Gasteiger partial charge is 0.336 e. The molecule has 0 fully saturated rings. The lowest BCUT2D eigenvalue weighted by molar-refractivity contribution is -0.131. The maximum Gasteiger partial charge on any atom is 0.242 e. The predicted molar refractivity (Wildman–Crippen MR) is 110 cm³/mol. The molecule has 0 saturated carbocycles. The van der Waals surface area contributed by atoms with E-state index in [2.05, 4.69) is 4.90 Å². The third kappa shape index (κ3) is 5.11. The van der Waals surface area contributed by atoms with Gasteiger partial charge in [0.05, 0.1) is 11.4 Å². The number of fused-ring (bicyclic) bond motifs is 1. The van der Waals surface area contributed by atoms with Crippen molar-refractivity contribution in [3.05, 3.63) is 60.2 Å². The molecule has 2 aromatic carbocycles. The first-order valence-corrected chi connectivity index (χ1v) is 10.0. The van der Waals surface area contributed by atoms with E-state index >= 15 is 0 Å². The van der Waals surface area contributed by atoms with E-state index in [1.165, 1.54) is 11.8 Å². The fraction of sp³-hybridized carbons (Fsp3) is 0.333. The van der Waals surface area contributed by atoms with Crippen molar-refractivity contribution in [2.75, 3.05) is 44.4 Å². The molecule has 27 heavy (non-hydrogen) atoms. The highest BCUT2D eigenvalue weighted by Gasteiger charge is 2.28. The topological polar surface area (TPSA) is 43.9 Å². The molecule has 5 nitrogen and oxygen atoms in total. The third-order valence-electron chi connectivity index (χ3n) is 4.49. The van der Waals surface area contributed by atoms with Gasteiger partial charge in [0.1, 0.15) is 6.54 Å². The number of nitrogens with zero attached hydrogens (tertiary/aromatic N) is 3. The molecule has 0 aromatic heterocycles. The van der Waals surface area contributed by atoms with Gasteiger partial charge in [-0.1, -0.05) is 42.5 Å². The Bertz CT molecular complexity index is 795. The fourth-order valence-electron chi connectivity index (χ4n) is 2.98. The lowest BCUT2D eigenvalue weighted by Crippen LogP contribution is -2.46. The van der Waals surface area contributed by atoms with Crippen molar-refractivity contribution >= 4 is 29.3 Å². The third-order valence-corrected chi connectivity index (χ3v) is 5.54. The molecule has 1 aliphatic heterocycles. The maximum atomic E-state index is 13.1. The van der Waals surface area contributed by atoms with Crippen LogP contribution in [-0.2, 0) is 16.1 Å². The molecule has 3 rings (SSSR count). The van der Waals surface area contributed by atoms with Gasteiger partial charge in [-0.05, 0) is 31.8 Å². The summed E-state index contributed by atoms with van der Waals surface area (Å²) in [5.41, 5.74) is 1.92. The number of carbonyl (C=O) groups excluding carboxylic acids is 2. The highest BCUT2D eigenvalue weighted by atomic mass is 32.2. The second-order valence-corrected chi connectivity index (χ2v) is 7.86. The Labute approximate surface area is 164 Å². The molecule has 0 aliphatic carbocycles. The van der Waals surface area contributed by atoms with Crippen LogP contribution in [0.15, 0.2) is 59.5 Å². The van der Waals surface area contributed by atoms with Crippen LogP contribution in [0.2, 0.25) is 0 Å². The summed E-state index contributed by atoms with van der Waals surface area (Å²) in [6, 6.07) is 17.7. The standard InChI is InChI=1S/C21H25N3O2S/c1-22(2)12-13-23(14-17-8-4-3-5-9-17)20(25)15-24-18-10-6-7-11-19(18)27-16-21(24)26/h3-11H,12-16H2,1-2H3. The molecule has 142 valence electrons. The van der Waals surface area contributed by atoms with Crippen LogP contribution in [0.3, 0.4) is 0 Å². The molecule has 0 atom stereocenters. The number of amides is 2. The van der Waals surface area contributed by atoms with E-state index in [-0.39, 0.29) is 18.4 Å². The smallest absolute Gasteiger partial charge is 0.242 e. The Morgan fingerprint density at radius 1 is 1.04 bits per heavy atom. The number of para-hydroxylation sites is 1. The first-order chi connectivity index (χ1) is 13.0. The van der Waals surface area contributed by atoms with Crippen molar-refractivity contribution in [3.63, 3.8) is 0 Å². The van der Waals surface area contributed by atoms with E-state index in [1.54, 1.807) is 4.90 Å². The molecule has 0 bridgehead atoms. The number of likely N-dealkylation sites (N-methyl/N-ethyl adjacent to an activating group) is 1. The van der Waals surface area contributed by atoms with Gasteiger partial charge in [0.25, 0.3) is 0 Å².